The average molecular weight is 501 g/mol. The monoisotopic (exact) mass is 500 g/mol. The molecular weight excluding hydrogens is 464 g/mol. The van der Waals surface area contributed by atoms with Crippen LogP contribution in [0.4, 0.5) is 11.9 Å². The van der Waals surface area contributed by atoms with Crippen molar-refractivity contribution >= 4 is 28.8 Å². The average Bonchev–Trinajstić information content (AvgIpc) is 3.50. The first-order chi connectivity index (χ1) is 17.7. The number of rotatable bonds is 6. The summed E-state index contributed by atoms with van der Waals surface area (Å²) in [5.41, 5.74) is 5.42. The van der Waals surface area contributed by atoms with Crippen LogP contribution < -0.4 is 10.2 Å². The second-order valence-corrected chi connectivity index (χ2v) is 11.3. The van der Waals surface area contributed by atoms with E-state index in [1.807, 2.05) is 24.3 Å². The van der Waals surface area contributed by atoms with Gasteiger partial charge in [-0.3, -0.25) is 10.1 Å². The van der Waals surface area contributed by atoms with E-state index in [2.05, 4.69) is 88.3 Å². The Balaban J connectivity index is 1.40. The van der Waals surface area contributed by atoms with Crippen LogP contribution in [0.1, 0.15) is 67.9 Å². The lowest BCUT2D eigenvalue weighted by molar-refractivity contribution is 0.102. The molecule has 0 saturated heterocycles. The molecule has 9 heteroatoms. The number of anilines is 2. The van der Waals surface area contributed by atoms with E-state index in [9.17, 15) is 4.79 Å². The molecule has 5 rings (SSSR count). The number of tetrazole rings is 1. The maximum Gasteiger partial charge on any atom is 0.270 e. The van der Waals surface area contributed by atoms with E-state index < -0.39 is 0 Å². The summed E-state index contributed by atoms with van der Waals surface area (Å²) in [6, 6.07) is 14.6. The van der Waals surface area contributed by atoms with Crippen LogP contribution in [-0.2, 0) is 13.6 Å². The van der Waals surface area contributed by atoms with Crippen molar-refractivity contribution < 1.29 is 4.79 Å². The van der Waals surface area contributed by atoms with Crippen LogP contribution in [0, 0.1) is 18.3 Å². The molecule has 37 heavy (non-hydrogen) atoms. The van der Waals surface area contributed by atoms with Crippen molar-refractivity contribution in [2.75, 3.05) is 10.2 Å². The maximum atomic E-state index is 12.5. The van der Waals surface area contributed by atoms with E-state index in [1.54, 1.807) is 0 Å². The van der Waals surface area contributed by atoms with Crippen molar-refractivity contribution in [3.8, 4) is 0 Å². The number of nitrogens with zero attached hydrogens (tertiary/aromatic N) is 6. The Kier molecular flexibility index (Phi) is 6.70. The molecule has 194 valence electrons. The van der Waals surface area contributed by atoms with Crippen LogP contribution in [0.15, 0.2) is 42.5 Å². The summed E-state index contributed by atoms with van der Waals surface area (Å²) in [7, 11) is 2.11. The number of carbonyl (C=O) groups is 1. The van der Waals surface area contributed by atoms with Gasteiger partial charge in [-0.1, -0.05) is 44.1 Å². The Morgan fingerprint density at radius 3 is 2.49 bits per heavy atom. The van der Waals surface area contributed by atoms with Crippen molar-refractivity contribution in [1.82, 2.24) is 30.2 Å². The van der Waals surface area contributed by atoms with Crippen molar-refractivity contribution in [2.24, 2.45) is 18.4 Å². The smallest absolute Gasteiger partial charge is 0.270 e. The number of hydrogen-bond donors (Lipinski definition) is 2. The predicted molar refractivity (Wildman–Crippen MR) is 145 cm³/mol. The van der Waals surface area contributed by atoms with Crippen LogP contribution in [-0.4, -0.2) is 42.1 Å². The van der Waals surface area contributed by atoms with Crippen molar-refractivity contribution in [3.05, 3.63) is 59.2 Å². The molecule has 0 aliphatic heterocycles. The molecule has 2 heterocycles. The van der Waals surface area contributed by atoms with Crippen LogP contribution in [0.2, 0.25) is 0 Å². The van der Waals surface area contributed by atoms with Crippen molar-refractivity contribution in [3.63, 3.8) is 0 Å². The molecule has 2 N–H and O–H groups in total. The van der Waals surface area contributed by atoms with E-state index in [4.69, 9.17) is 4.98 Å². The standard InChI is InChI=1S/C28H36N8O/c1-18-6-15-23-24(16-18)35(5)27(29-23)36(22-13-11-21(12-14-22)28(2,3)4)17-19-7-9-20(10-8-19)25(37)30-26-31-33-34-32-26/h6-10,15-16,21-22H,11-14,17H2,1-5H3,(H2,30,31,32,33,34,37). The Morgan fingerprint density at radius 2 is 1.84 bits per heavy atom. The topological polar surface area (TPSA) is 105 Å². The highest BCUT2D eigenvalue weighted by molar-refractivity contribution is 6.03. The highest BCUT2D eigenvalue weighted by Crippen LogP contribution is 2.40. The zero-order valence-electron chi connectivity index (χ0n) is 22.3. The van der Waals surface area contributed by atoms with Crippen LogP contribution in [0.3, 0.4) is 0 Å². The van der Waals surface area contributed by atoms with Gasteiger partial charge in [0.05, 0.1) is 11.0 Å². The Morgan fingerprint density at radius 1 is 1.11 bits per heavy atom. The molecule has 0 bridgehead atoms. The Labute approximate surface area is 217 Å². The Hall–Kier alpha value is -3.75. The number of carbonyl (C=O) groups excluding carboxylic acids is 1. The molecule has 0 atom stereocenters. The minimum absolute atomic E-state index is 0.156. The highest BCUT2D eigenvalue weighted by atomic mass is 16.1. The van der Waals surface area contributed by atoms with Gasteiger partial charge in [-0.25, -0.2) is 4.98 Å². The summed E-state index contributed by atoms with van der Waals surface area (Å²) in [5, 5.41) is 16.0. The SMILES string of the molecule is Cc1ccc2nc(N(Cc3ccc(C(=O)Nc4nn[nH]n4)cc3)C3CCC(C(C)(C)C)CC3)n(C)c2c1. The summed E-state index contributed by atoms with van der Waals surface area (Å²) >= 11 is 0. The maximum absolute atomic E-state index is 12.5. The van der Waals surface area contributed by atoms with Gasteiger partial charge in [-0.05, 0) is 84.5 Å². The first kappa shape index (κ1) is 24.9. The van der Waals surface area contributed by atoms with E-state index in [-0.39, 0.29) is 11.9 Å². The first-order valence-corrected chi connectivity index (χ1v) is 13.0. The van der Waals surface area contributed by atoms with Gasteiger partial charge < -0.3 is 9.47 Å². The second-order valence-electron chi connectivity index (χ2n) is 11.3. The molecule has 9 nitrogen and oxygen atoms in total. The van der Waals surface area contributed by atoms with Crippen LogP contribution >= 0.6 is 0 Å². The quantitative estimate of drug-likeness (QED) is 0.374. The highest BCUT2D eigenvalue weighted by Gasteiger charge is 2.33. The van der Waals surface area contributed by atoms with Crippen molar-refractivity contribution in [2.45, 2.75) is 66.0 Å². The molecule has 0 radical (unpaired) electrons. The van der Waals surface area contributed by atoms with Gasteiger partial charge >= 0.3 is 0 Å². The number of amides is 1. The number of fused-ring (bicyclic) bond motifs is 1. The third-order valence-corrected chi connectivity index (χ3v) is 7.77. The number of nitrogens with one attached hydrogen (secondary N) is 2. The van der Waals surface area contributed by atoms with Gasteiger partial charge in [0.15, 0.2) is 0 Å². The number of benzene rings is 2. The van der Waals surface area contributed by atoms with E-state index in [0.29, 0.717) is 17.0 Å². The molecule has 1 saturated carbocycles. The lowest BCUT2D eigenvalue weighted by Gasteiger charge is -2.41. The number of aryl methyl sites for hydroxylation is 2. The fourth-order valence-electron chi connectivity index (χ4n) is 5.51. The van der Waals surface area contributed by atoms with E-state index >= 15 is 0 Å². The van der Waals surface area contributed by atoms with Crippen LogP contribution in [0.25, 0.3) is 11.0 Å². The lowest BCUT2D eigenvalue weighted by atomic mass is 9.71. The first-order valence-electron chi connectivity index (χ1n) is 13.0. The molecule has 1 fully saturated rings. The lowest BCUT2D eigenvalue weighted by Crippen LogP contribution is -2.41. The number of hydrogen-bond acceptors (Lipinski definition) is 6. The summed E-state index contributed by atoms with van der Waals surface area (Å²) in [4.78, 5) is 20.1. The normalized spacial score (nSPS) is 18.2. The Bertz CT molecular complexity index is 1360. The minimum Gasteiger partial charge on any atom is -0.335 e. The van der Waals surface area contributed by atoms with Gasteiger partial charge in [-0.2, -0.15) is 5.21 Å². The molecule has 2 aromatic heterocycles. The van der Waals surface area contributed by atoms with Gasteiger partial charge in [-0.15, -0.1) is 5.10 Å². The number of H-pyrrole nitrogens is 1. The molecule has 0 unspecified atom stereocenters. The fourth-order valence-corrected chi connectivity index (χ4v) is 5.51. The third kappa shape index (κ3) is 5.35. The molecule has 1 aliphatic rings. The second kappa shape index (κ2) is 9.95. The molecular formula is C28H36N8O. The van der Waals surface area contributed by atoms with Gasteiger partial charge in [0.1, 0.15) is 0 Å². The van der Waals surface area contributed by atoms with Gasteiger partial charge in [0.2, 0.25) is 5.95 Å². The number of aromatic amines is 1. The molecule has 2 aromatic carbocycles. The molecule has 4 aromatic rings. The summed E-state index contributed by atoms with van der Waals surface area (Å²) in [5.74, 6) is 1.63. The number of aromatic nitrogens is 6. The third-order valence-electron chi connectivity index (χ3n) is 7.77. The minimum atomic E-state index is -0.268. The number of imidazole rings is 1. The molecule has 1 amide bonds. The fraction of sp³-hybridized carbons (Fsp3) is 0.464. The predicted octanol–water partition coefficient (Wildman–Crippen LogP) is 5.26. The summed E-state index contributed by atoms with van der Waals surface area (Å²) < 4.78 is 2.23. The summed E-state index contributed by atoms with van der Waals surface area (Å²) in [6.07, 6.45) is 4.75. The zero-order valence-corrected chi connectivity index (χ0v) is 22.3. The zero-order chi connectivity index (χ0) is 26.2. The van der Waals surface area contributed by atoms with E-state index in [0.717, 1.165) is 47.8 Å². The van der Waals surface area contributed by atoms with Crippen molar-refractivity contribution in [1.29, 1.82) is 0 Å². The molecule has 0 spiro atoms. The van der Waals surface area contributed by atoms with Crippen LogP contribution in [0.5, 0.6) is 0 Å². The van der Waals surface area contributed by atoms with Gasteiger partial charge in [0.25, 0.3) is 11.9 Å². The van der Waals surface area contributed by atoms with E-state index in [1.165, 1.54) is 18.4 Å². The molecule has 1 aliphatic carbocycles. The largest absolute Gasteiger partial charge is 0.335 e. The van der Waals surface area contributed by atoms with Gasteiger partial charge in [0, 0.05) is 25.2 Å². The summed E-state index contributed by atoms with van der Waals surface area (Å²) in [6.45, 7) is 9.93.